The SMILES string of the molecule is C=CC1(C2C=CC3C4C=CC(C4)C32)CC1. The van der Waals surface area contributed by atoms with Gasteiger partial charge in [-0.05, 0) is 54.3 Å². The van der Waals surface area contributed by atoms with Gasteiger partial charge in [0, 0.05) is 0 Å². The van der Waals surface area contributed by atoms with Gasteiger partial charge in [0.25, 0.3) is 0 Å². The highest BCUT2D eigenvalue weighted by atomic mass is 14.6. The van der Waals surface area contributed by atoms with E-state index in [4.69, 9.17) is 0 Å². The summed E-state index contributed by atoms with van der Waals surface area (Å²) in [6.07, 6.45) is 16.5. The van der Waals surface area contributed by atoms with Crippen molar-refractivity contribution in [3.8, 4) is 0 Å². The summed E-state index contributed by atoms with van der Waals surface area (Å²) in [5.41, 5.74) is 0.508. The fourth-order valence-corrected chi connectivity index (χ4v) is 4.44. The summed E-state index contributed by atoms with van der Waals surface area (Å²) in [5, 5.41) is 0. The summed E-state index contributed by atoms with van der Waals surface area (Å²) in [7, 11) is 0. The van der Waals surface area contributed by atoms with Crippen LogP contribution in [0.15, 0.2) is 37.0 Å². The van der Waals surface area contributed by atoms with Crippen LogP contribution in [0, 0.1) is 35.0 Å². The van der Waals surface area contributed by atoms with Crippen LogP contribution in [0.1, 0.15) is 19.3 Å². The number of hydrogen-bond acceptors (Lipinski definition) is 0. The highest BCUT2D eigenvalue weighted by Gasteiger charge is 2.57. The molecule has 0 spiro atoms. The van der Waals surface area contributed by atoms with E-state index in [1.165, 1.54) is 19.3 Å². The first-order valence-electron chi connectivity index (χ1n) is 6.34. The Labute approximate surface area is 91.8 Å². The van der Waals surface area contributed by atoms with E-state index in [0.717, 1.165) is 29.6 Å². The molecular weight excluding hydrogens is 180 g/mol. The molecule has 15 heavy (non-hydrogen) atoms. The Kier molecular flexibility index (Phi) is 1.39. The van der Waals surface area contributed by atoms with Gasteiger partial charge in [-0.2, -0.15) is 0 Å². The molecule has 0 aromatic carbocycles. The van der Waals surface area contributed by atoms with Crippen molar-refractivity contribution >= 4 is 0 Å². The molecule has 2 bridgehead atoms. The van der Waals surface area contributed by atoms with Crippen molar-refractivity contribution in [3.05, 3.63) is 37.0 Å². The Morgan fingerprint density at radius 2 is 1.87 bits per heavy atom. The molecule has 0 heterocycles. The maximum atomic E-state index is 4.06. The summed E-state index contributed by atoms with van der Waals surface area (Å²) in [6, 6.07) is 0. The Morgan fingerprint density at radius 3 is 2.60 bits per heavy atom. The molecule has 4 aliphatic carbocycles. The molecular formula is C15H18. The van der Waals surface area contributed by atoms with Crippen LogP contribution in [0.25, 0.3) is 0 Å². The minimum absolute atomic E-state index is 0.508. The first-order valence-corrected chi connectivity index (χ1v) is 6.34. The van der Waals surface area contributed by atoms with E-state index in [9.17, 15) is 0 Å². The molecule has 0 N–H and O–H groups in total. The van der Waals surface area contributed by atoms with Crippen molar-refractivity contribution in [2.45, 2.75) is 19.3 Å². The van der Waals surface area contributed by atoms with Gasteiger partial charge in [-0.3, -0.25) is 0 Å². The van der Waals surface area contributed by atoms with Crippen LogP contribution in [0.5, 0.6) is 0 Å². The van der Waals surface area contributed by atoms with Gasteiger partial charge in [0.15, 0.2) is 0 Å². The number of fused-ring (bicyclic) bond motifs is 5. The molecule has 0 radical (unpaired) electrons. The zero-order chi connectivity index (χ0) is 10.0. The first-order chi connectivity index (χ1) is 7.34. The van der Waals surface area contributed by atoms with E-state index >= 15 is 0 Å². The molecule has 4 rings (SSSR count). The van der Waals surface area contributed by atoms with E-state index in [1.54, 1.807) is 0 Å². The predicted octanol–water partition coefficient (Wildman–Crippen LogP) is 3.58. The highest BCUT2D eigenvalue weighted by Crippen LogP contribution is 2.65. The van der Waals surface area contributed by atoms with Gasteiger partial charge in [0.05, 0.1) is 0 Å². The first kappa shape index (κ1) is 8.38. The van der Waals surface area contributed by atoms with Gasteiger partial charge in [-0.1, -0.05) is 30.4 Å². The maximum Gasteiger partial charge on any atom is -0.00544 e. The predicted molar refractivity (Wildman–Crippen MR) is 62.2 cm³/mol. The highest BCUT2D eigenvalue weighted by molar-refractivity contribution is 5.29. The van der Waals surface area contributed by atoms with Crippen LogP contribution < -0.4 is 0 Å². The van der Waals surface area contributed by atoms with Crippen molar-refractivity contribution < 1.29 is 0 Å². The Bertz CT molecular complexity index is 369. The Morgan fingerprint density at radius 1 is 1.07 bits per heavy atom. The van der Waals surface area contributed by atoms with E-state index in [0.29, 0.717) is 5.41 Å². The summed E-state index contributed by atoms with van der Waals surface area (Å²) < 4.78 is 0. The van der Waals surface area contributed by atoms with Crippen LogP contribution in [0.2, 0.25) is 0 Å². The minimum Gasteiger partial charge on any atom is -0.103 e. The molecule has 78 valence electrons. The fraction of sp³-hybridized carbons (Fsp3) is 0.600. The van der Waals surface area contributed by atoms with Crippen molar-refractivity contribution in [3.63, 3.8) is 0 Å². The van der Waals surface area contributed by atoms with Gasteiger partial charge < -0.3 is 0 Å². The molecule has 0 amide bonds. The average Bonchev–Trinajstić information content (AvgIpc) is 2.71. The lowest BCUT2D eigenvalue weighted by atomic mass is 9.73. The van der Waals surface area contributed by atoms with E-state index < -0.39 is 0 Å². The Hall–Kier alpha value is -0.780. The van der Waals surface area contributed by atoms with E-state index in [2.05, 4.69) is 37.0 Å². The second-order valence-electron chi connectivity index (χ2n) is 5.95. The van der Waals surface area contributed by atoms with Gasteiger partial charge in [-0.25, -0.2) is 0 Å². The lowest BCUT2D eigenvalue weighted by Gasteiger charge is -2.30. The number of rotatable bonds is 2. The number of hydrogen-bond donors (Lipinski definition) is 0. The molecule has 0 aromatic heterocycles. The quantitative estimate of drug-likeness (QED) is 0.595. The van der Waals surface area contributed by atoms with Crippen LogP contribution in [0.4, 0.5) is 0 Å². The largest absolute Gasteiger partial charge is 0.103 e. The molecule has 0 aliphatic heterocycles. The van der Waals surface area contributed by atoms with Gasteiger partial charge in [-0.15, -0.1) is 6.58 Å². The topological polar surface area (TPSA) is 0 Å². The average molecular weight is 198 g/mol. The van der Waals surface area contributed by atoms with Crippen LogP contribution in [-0.4, -0.2) is 0 Å². The second-order valence-corrected chi connectivity index (χ2v) is 5.95. The standard InChI is InChI=1S/C15H18/c1-2-15(7-8-15)13-6-5-12-10-3-4-11(9-10)14(12)13/h2-6,10-14H,1,7-9H2. The molecule has 4 aliphatic rings. The second kappa shape index (κ2) is 2.48. The van der Waals surface area contributed by atoms with Crippen molar-refractivity contribution in [1.82, 2.24) is 0 Å². The summed E-state index contributed by atoms with van der Waals surface area (Å²) >= 11 is 0. The monoisotopic (exact) mass is 198 g/mol. The summed E-state index contributed by atoms with van der Waals surface area (Å²) in [5.74, 6) is 4.39. The smallest absolute Gasteiger partial charge is 0.00544 e. The minimum atomic E-state index is 0.508. The molecule has 2 fully saturated rings. The maximum absolute atomic E-state index is 4.06. The van der Waals surface area contributed by atoms with Gasteiger partial charge >= 0.3 is 0 Å². The third-order valence-electron chi connectivity index (χ3n) is 5.44. The molecule has 0 nitrogen and oxygen atoms in total. The van der Waals surface area contributed by atoms with Crippen LogP contribution >= 0.6 is 0 Å². The lowest BCUT2D eigenvalue weighted by molar-refractivity contribution is 0.249. The molecule has 5 unspecified atom stereocenters. The molecule has 0 heteroatoms. The van der Waals surface area contributed by atoms with E-state index in [-0.39, 0.29) is 0 Å². The van der Waals surface area contributed by atoms with Crippen LogP contribution in [-0.2, 0) is 0 Å². The van der Waals surface area contributed by atoms with Crippen molar-refractivity contribution in [2.75, 3.05) is 0 Å². The van der Waals surface area contributed by atoms with Gasteiger partial charge in [0.2, 0.25) is 0 Å². The third-order valence-corrected chi connectivity index (χ3v) is 5.44. The zero-order valence-electron chi connectivity index (χ0n) is 9.10. The zero-order valence-corrected chi connectivity index (χ0v) is 9.10. The Balaban J connectivity index is 1.71. The van der Waals surface area contributed by atoms with Crippen molar-refractivity contribution in [2.24, 2.45) is 35.0 Å². The molecule has 0 aromatic rings. The molecule has 0 saturated heterocycles. The van der Waals surface area contributed by atoms with Crippen molar-refractivity contribution in [1.29, 1.82) is 0 Å². The normalized spacial score (nSPS) is 52.1. The summed E-state index contributed by atoms with van der Waals surface area (Å²) in [6.45, 7) is 4.06. The van der Waals surface area contributed by atoms with E-state index in [1.807, 2.05) is 0 Å². The third kappa shape index (κ3) is 0.891. The molecule has 5 atom stereocenters. The van der Waals surface area contributed by atoms with Gasteiger partial charge in [0.1, 0.15) is 0 Å². The van der Waals surface area contributed by atoms with Crippen LogP contribution in [0.3, 0.4) is 0 Å². The molecule has 2 saturated carbocycles. The fourth-order valence-electron chi connectivity index (χ4n) is 4.44. The summed E-state index contributed by atoms with van der Waals surface area (Å²) in [4.78, 5) is 0. The lowest BCUT2D eigenvalue weighted by Crippen LogP contribution is -2.26. The number of allylic oxidation sites excluding steroid dienone is 5.